The van der Waals surface area contributed by atoms with Gasteiger partial charge in [0.1, 0.15) is 17.5 Å². The summed E-state index contributed by atoms with van der Waals surface area (Å²) >= 11 is 0. The molecule has 1 saturated heterocycles. The Balaban J connectivity index is 2.37. The molecule has 1 atom stereocenters. The summed E-state index contributed by atoms with van der Waals surface area (Å²) in [6.07, 6.45) is 1.73. The number of carbonyl (C=O) groups is 1. The van der Waals surface area contributed by atoms with Gasteiger partial charge < -0.3 is 15.0 Å². The lowest BCUT2D eigenvalue weighted by Gasteiger charge is -2.34. The Morgan fingerprint density at radius 1 is 1.48 bits per heavy atom. The van der Waals surface area contributed by atoms with Gasteiger partial charge in [0.2, 0.25) is 5.91 Å². The maximum absolute atomic E-state index is 12.7. The molecule has 112 valence electrons. The van der Waals surface area contributed by atoms with Crippen LogP contribution in [0.15, 0.2) is 18.2 Å². The lowest BCUT2D eigenvalue weighted by atomic mass is 10.0. The number of para-hydroxylation sites is 1. The van der Waals surface area contributed by atoms with Crippen LogP contribution in [-0.2, 0) is 4.79 Å². The molecular weight excluding hydrogens is 266 g/mol. The van der Waals surface area contributed by atoms with Gasteiger partial charge >= 0.3 is 0 Å². The predicted molar refractivity (Wildman–Crippen MR) is 81.4 cm³/mol. The van der Waals surface area contributed by atoms with Crippen LogP contribution in [0.2, 0.25) is 0 Å². The molecule has 1 aliphatic rings. The normalized spacial score (nSPS) is 18.7. The van der Waals surface area contributed by atoms with Crippen LogP contribution in [0.1, 0.15) is 32.3 Å². The van der Waals surface area contributed by atoms with E-state index in [4.69, 9.17) is 4.74 Å². The van der Waals surface area contributed by atoms with Gasteiger partial charge in [-0.15, -0.1) is 0 Å². The van der Waals surface area contributed by atoms with Crippen molar-refractivity contribution in [3.05, 3.63) is 23.8 Å². The molecule has 1 aromatic carbocycles. The quantitative estimate of drug-likeness (QED) is 0.920. The number of ether oxygens (including phenoxy) is 1. The van der Waals surface area contributed by atoms with Crippen molar-refractivity contribution < 1.29 is 9.53 Å². The number of amides is 1. The fraction of sp³-hybridized carbons (Fsp3) is 0.500. The second-order valence-electron chi connectivity index (χ2n) is 5.47. The molecule has 0 spiro atoms. The van der Waals surface area contributed by atoms with Gasteiger partial charge in [0, 0.05) is 12.6 Å². The van der Waals surface area contributed by atoms with E-state index in [0.717, 1.165) is 12.8 Å². The van der Waals surface area contributed by atoms with E-state index in [2.05, 4.69) is 11.4 Å². The van der Waals surface area contributed by atoms with Crippen molar-refractivity contribution in [3.8, 4) is 11.8 Å². The Morgan fingerprint density at radius 2 is 2.24 bits per heavy atom. The Bertz CT molecular complexity index is 563. The maximum Gasteiger partial charge on any atom is 0.244 e. The monoisotopic (exact) mass is 287 g/mol. The number of carbonyl (C=O) groups excluding carboxylic acids is 1. The van der Waals surface area contributed by atoms with Gasteiger partial charge in [0.15, 0.2) is 0 Å². The minimum Gasteiger partial charge on any atom is -0.495 e. The van der Waals surface area contributed by atoms with Crippen molar-refractivity contribution in [2.24, 2.45) is 0 Å². The Kier molecular flexibility index (Phi) is 4.81. The summed E-state index contributed by atoms with van der Waals surface area (Å²) in [6.45, 7) is 4.66. The van der Waals surface area contributed by atoms with Crippen LogP contribution in [-0.4, -0.2) is 31.6 Å². The number of rotatable bonds is 4. The molecule has 1 aromatic rings. The Labute approximate surface area is 125 Å². The molecule has 2 rings (SSSR count). The highest BCUT2D eigenvalue weighted by Gasteiger charge is 2.32. The zero-order valence-electron chi connectivity index (χ0n) is 12.7. The average Bonchev–Trinajstić information content (AvgIpc) is 2.48. The summed E-state index contributed by atoms with van der Waals surface area (Å²) in [7, 11) is 1.55. The Morgan fingerprint density at radius 3 is 2.86 bits per heavy atom. The smallest absolute Gasteiger partial charge is 0.244 e. The first-order valence-electron chi connectivity index (χ1n) is 7.23. The summed E-state index contributed by atoms with van der Waals surface area (Å²) in [5, 5.41) is 12.6. The van der Waals surface area contributed by atoms with Gasteiger partial charge in [-0.3, -0.25) is 4.79 Å². The van der Waals surface area contributed by atoms with Crippen LogP contribution in [0.3, 0.4) is 0 Å². The highest BCUT2D eigenvalue weighted by Crippen LogP contribution is 2.34. The van der Waals surface area contributed by atoms with E-state index >= 15 is 0 Å². The molecule has 1 fully saturated rings. The summed E-state index contributed by atoms with van der Waals surface area (Å²) < 4.78 is 5.34. The van der Waals surface area contributed by atoms with E-state index in [1.807, 2.05) is 13.8 Å². The number of methoxy groups -OCH3 is 1. The number of piperidine rings is 1. The van der Waals surface area contributed by atoms with Gasteiger partial charge in [-0.1, -0.05) is 19.9 Å². The number of hydrogen-bond acceptors (Lipinski definition) is 4. The van der Waals surface area contributed by atoms with Crippen molar-refractivity contribution >= 4 is 11.6 Å². The molecule has 0 aliphatic carbocycles. The van der Waals surface area contributed by atoms with Crippen LogP contribution in [0.25, 0.3) is 0 Å². The molecule has 0 saturated carbocycles. The molecule has 1 aliphatic heterocycles. The van der Waals surface area contributed by atoms with Gasteiger partial charge in [-0.25, -0.2) is 0 Å². The second kappa shape index (κ2) is 6.59. The molecule has 0 bridgehead atoms. The largest absolute Gasteiger partial charge is 0.495 e. The predicted octanol–water partition coefficient (Wildman–Crippen LogP) is 2.06. The first-order chi connectivity index (χ1) is 10.1. The Hall–Kier alpha value is -2.06. The van der Waals surface area contributed by atoms with Crippen molar-refractivity contribution in [2.75, 3.05) is 18.6 Å². The van der Waals surface area contributed by atoms with Crippen molar-refractivity contribution in [3.63, 3.8) is 0 Å². The van der Waals surface area contributed by atoms with Crippen LogP contribution < -0.4 is 15.0 Å². The SMILES string of the molecule is COc1cccc(C#N)c1N1CCCC(NC(C)C)C1=O. The van der Waals surface area contributed by atoms with Crippen molar-refractivity contribution in [2.45, 2.75) is 38.8 Å². The van der Waals surface area contributed by atoms with E-state index in [0.29, 0.717) is 23.5 Å². The first kappa shape index (κ1) is 15.3. The average molecular weight is 287 g/mol. The molecule has 0 radical (unpaired) electrons. The summed E-state index contributed by atoms with van der Waals surface area (Å²) in [6, 6.07) is 7.45. The molecule has 1 heterocycles. The van der Waals surface area contributed by atoms with E-state index in [9.17, 15) is 10.1 Å². The molecular formula is C16H21N3O2. The lowest BCUT2D eigenvalue weighted by molar-refractivity contribution is -0.122. The standard InChI is InChI=1S/C16H21N3O2/c1-11(2)18-13-7-5-9-19(16(13)20)15-12(10-17)6-4-8-14(15)21-3/h4,6,8,11,13,18H,5,7,9H2,1-3H3. The first-order valence-corrected chi connectivity index (χ1v) is 7.23. The number of hydrogen-bond donors (Lipinski definition) is 1. The summed E-state index contributed by atoms with van der Waals surface area (Å²) in [4.78, 5) is 14.4. The molecule has 1 amide bonds. The summed E-state index contributed by atoms with van der Waals surface area (Å²) in [5.74, 6) is 0.573. The molecule has 21 heavy (non-hydrogen) atoms. The number of nitriles is 1. The summed E-state index contributed by atoms with van der Waals surface area (Å²) in [5.41, 5.74) is 1.05. The highest BCUT2D eigenvalue weighted by atomic mass is 16.5. The van der Waals surface area contributed by atoms with E-state index in [1.165, 1.54) is 0 Å². The number of benzene rings is 1. The maximum atomic E-state index is 12.7. The zero-order valence-corrected chi connectivity index (χ0v) is 12.7. The van der Waals surface area contributed by atoms with Crippen LogP contribution in [0, 0.1) is 11.3 Å². The van der Waals surface area contributed by atoms with Crippen molar-refractivity contribution in [1.29, 1.82) is 5.26 Å². The van der Waals surface area contributed by atoms with Crippen LogP contribution in [0.4, 0.5) is 5.69 Å². The third-order valence-electron chi connectivity index (χ3n) is 3.58. The molecule has 1 N–H and O–H groups in total. The second-order valence-corrected chi connectivity index (χ2v) is 5.47. The van der Waals surface area contributed by atoms with E-state index < -0.39 is 0 Å². The topological polar surface area (TPSA) is 65.4 Å². The van der Waals surface area contributed by atoms with Crippen LogP contribution >= 0.6 is 0 Å². The fourth-order valence-electron chi connectivity index (χ4n) is 2.71. The minimum absolute atomic E-state index is 0.0101. The lowest BCUT2D eigenvalue weighted by Crippen LogP contribution is -2.52. The van der Waals surface area contributed by atoms with Crippen molar-refractivity contribution in [1.82, 2.24) is 5.32 Å². The molecule has 5 heteroatoms. The molecule has 5 nitrogen and oxygen atoms in total. The highest BCUT2D eigenvalue weighted by molar-refractivity contribution is 6.00. The van der Waals surface area contributed by atoms with E-state index in [-0.39, 0.29) is 18.0 Å². The third-order valence-corrected chi connectivity index (χ3v) is 3.58. The number of nitrogens with zero attached hydrogens (tertiary/aromatic N) is 2. The van der Waals surface area contributed by atoms with Gasteiger partial charge in [-0.05, 0) is 25.0 Å². The fourth-order valence-corrected chi connectivity index (χ4v) is 2.71. The zero-order chi connectivity index (χ0) is 15.4. The minimum atomic E-state index is -0.199. The number of nitrogens with one attached hydrogen (secondary N) is 1. The van der Waals surface area contributed by atoms with E-state index in [1.54, 1.807) is 30.2 Å². The molecule has 0 aromatic heterocycles. The van der Waals surface area contributed by atoms with Gasteiger partial charge in [-0.2, -0.15) is 5.26 Å². The van der Waals surface area contributed by atoms with Crippen LogP contribution in [0.5, 0.6) is 5.75 Å². The third kappa shape index (κ3) is 3.17. The van der Waals surface area contributed by atoms with Gasteiger partial charge in [0.05, 0.1) is 18.7 Å². The number of anilines is 1. The molecule has 1 unspecified atom stereocenters. The van der Waals surface area contributed by atoms with Gasteiger partial charge in [0.25, 0.3) is 0 Å².